The summed E-state index contributed by atoms with van der Waals surface area (Å²) in [6.07, 6.45) is 0. The number of morpholine rings is 1. The van der Waals surface area contributed by atoms with E-state index in [1.807, 2.05) is 36.4 Å². The van der Waals surface area contributed by atoms with Crippen LogP contribution in [0, 0.1) is 0 Å². The second-order valence-electron chi connectivity index (χ2n) is 7.89. The summed E-state index contributed by atoms with van der Waals surface area (Å²) in [7, 11) is -2.36. The van der Waals surface area contributed by atoms with Crippen molar-refractivity contribution in [2.24, 2.45) is 0 Å². The van der Waals surface area contributed by atoms with Gasteiger partial charge in [-0.3, -0.25) is 4.79 Å². The number of ether oxygens (including phenoxy) is 4. The van der Waals surface area contributed by atoms with Crippen LogP contribution in [0.4, 0.5) is 5.69 Å². The van der Waals surface area contributed by atoms with Gasteiger partial charge in [-0.15, -0.1) is 0 Å². The van der Waals surface area contributed by atoms with E-state index in [0.717, 1.165) is 10.8 Å². The number of nitrogens with one attached hydrogen (secondary N) is 1. The molecule has 1 saturated heterocycles. The third kappa shape index (κ3) is 6.11. The fourth-order valence-electron chi connectivity index (χ4n) is 3.64. The molecule has 0 saturated carbocycles. The molecule has 1 aliphatic rings. The van der Waals surface area contributed by atoms with Gasteiger partial charge < -0.3 is 24.3 Å². The number of esters is 1. The van der Waals surface area contributed by atoms with Crippen molar-refractivity contribution in [2.45, 2.75) is 4.90 Å². The first-order valence-corrected chi connectivity index (χ1v) is 12.6. The molecule has 1 N–H and O–H groups in total. The van der Waals surface area contributed by atoms with Gasteiger partial charge in [0.2, 0.25) is 10.0 Å². The molecule has 1 aliphatic heterocycles. The van der Waals surface area contributed by atoms with Gasteiger partial charge in [0.05, 0.1) is 30.9 Å². The van der Waals surface area contributed by atoms with Crippen LogP contribution in [0.2, 0.25) is 0 Å². The number of rotatable bonds is 9. The number of nitrogens with zero attached hydrogens (tertiary/aromatic N) is 1. The first-order chi connectivity index (χ1) is 17.4. The van der Waals surface area contributed by atoms with Crippen LogP contribution in [0.1, 0.15) is 0 Å². The Bertz CT molecular complexity index is 1350. The fourth-order valence-corrected chi connectivity index (χ4v) is 5.07. The minimum absolute atomic E-state index is 0.0384. The maximum atomic E-state index is 12.9. The van der Waals surface area contributed by atoms with E-state index in [2.05, 4.69) is 5.32 Å². The molecule has 1 amide bonds. The number of methoxy groups -OCH3 is 1. The fraction of sp³-hybridized carbons (Fsp3) is 0.280. The highest BCUT2D eigenvalue weighted by Gasteiger charge is 2.27. The average molecular weight is 515 g/mol. The number of anilines is 1. The van der Waals surface area contributed by atoms with Gasteiger partial charge in [-0.2, -0.15) is 4.31 Å². The minimum atomic E-state index is -3.73. The monoisotopic (exact) mass is 514 g/mol. The van der Waals surface area contributed by atoms with E-state index in [4.69, 9.17) is 18.9 Å². The SMILES string of the molecule is COc1cc(S(=O)(=O)N2CCOCC2)ccc1NC(=O)COC(=O)COc1ccc2ccccc2c1. The predicted molar refractivity (Wildman–Crippen MR) is 132 cm³/mol. The van der Waals surface area contributed by atoms with Crippen LogP contribution in [0.5, 0.6) is 11.5 Å². The van der Waals surface area contributed by atoms with Crippen LogP contribution in [-0.2, 0) is 29.1 Å². The number of sulfonamides is 1. The van der Waals surface area contributed by atoms with Gasteiger partial charge in [0.15, 0.2) is 13.2 Å². The summed E-state index contributed by atoms with van der Waals surface area (Å²) in [5.41, 5.74) is 0.242. The largest absolute Gasteiger partial charge is 0.495 e. The molecule has 0 radical (unpaired) electrons. The Balaban J connectivity index is 1.30. The Morgan fingerprint density at radius 3 is 2.47 bits per heavy atom. The van der Waals surface area contributed by atoms with Crippen molar-refractivity contribution in [1.29, 1.82) is 0 Å². The predicted octanol–water partition coefficient (Wildman–Crippen LogP) is 2.43. The van der Waals surface area contributed by atoms with Crippen LogP contribution >= 0.6 is 0 Å². The molecule has 0 bridgehead atoms. The van der Waals surface area contributed by atoms with Crippen molar-refractivity contribution < 1.29 is 37.0 Å². The van der Waals surface area contributed by atoms with Crippen molar-refractivity contribution in [3.05, 3.63) is 60.7 Å². The number of benzene rings is 3. The summed E-state index contributed by atoms with van der Waals surface area (Å²) < 4.78 is 48.0. The van der Waals surface area contributed by atoms with E-state index < -0.39 is 28.5 Å². The van der Waals surface area contributed by atoms with Gasteiger partial charge in [-0.1, -0.05) is 30.3 Å². The molecule has 36 heavy (non-hydrogen) atoms. The normalized spacial score (nSPS) is 14.2. The Hall–Kier alpha value is -3.67. The second kappa shape index (κ2) is 11.4. The smallest absolute Gasteiger partial charge is 0.344 e. The average Bonchev–Trinajstić information content (AvgIpc) is 2.91. The molecule has 1 heterocycles. The molecule has 10 nitrogen and oxygen atoms in total. The first kappa shape index (κ1) is 25.4. The van der Waals surface area contributed by atoms with Crippen LogP contribution in [0.15, 0.2) is 65.6 Å². The highest BCUT2D eigenvalue weighted by Crippen LogP contribution is 2.29. The summed E-state index contributed by atoms with van der Waals surface area (Å²) >= 11 is 0. The summed E-state index contributed by atoms with van der Waals surface area (Å²) in [5, 5.41) is 4.58. The van der Waals surface area contributed by atoms with Crippen molar-refractivity contribution in [2.75, 3.05) is 51.9 Å². The molecule has 0 aromatic heterocycles. The van der Waals surface area contributed by atoms with Crippen LogP contribution in [0.3, 0.4) is 0 Å². The molecule has 11 heteroatoms. The lowest BCUT2D eigenvalue weighted by atomic mass is 10.1. The maximum absolute atomic E-state index is 12.9. The van der Waals surface area contributed by atoms with Crippen molar-refractivity contribution in [3.8, 4) is 11.5 Å². The lowest BCUT2D eigenvalue weighted by Gasteiger charge is -2.26. The Morgan fingerprint density at radius 1 is 0.972 bits per heavy atom. The minimum Gasteiger partial charge on any atom is -0.495 e. The molecule has 3 aromatic rings. The summed E-state index contributed by atoms with van der Waals surface area (Å²) in [4.78, 5) is 24.4. The Labute approximate surface area is 208 Å². The van der Waals surface area contributed by atoms with E-state index >= 15 is 0 Å². The summed E-state index contributed by atoms with van der Waals surface area (Å²) in [6.45, 7) is 0.283. The number of fused-ring (bicyclic) bond motifs is 1. The Morgan fingerprint density at radius 2 is 1.72 bits per heavy atom. The highest BCUT2D eigenvalue weighted by atomic mass is 32.2. The van der Waals surface area contributed by atoms with E-state index in [1.54, 1.807) is 6.07 Å². The van der Waals surface area contributed by atoms with Crippen LogP contribution in [-0.4, -0.2) is 71.2 Å². The zero-order chi connectivity index (χ0) is 25.5. The van der Waals surface area contributed by atoms with E-state index in [9.17, 15) is 18.0 Å². The van der Waals surface area contributed by atoms with Crippen LogP contribution < -0.4 is 14.8 Å². The zero-order valence-electron chi connectivity index (χ0n) is 19.6. The van der Waals surface area contributed by atoms with E-state index in [-0.39, 0.29) is 36.0 Å². The number of carbonyl (C=O) groups is 2. The molecular weight excluding hydrogens is 488 g/mol. The molecule has 190 valence electrons. The molecular formula is C25H26N2O8S. The quantitative estimate of drug-likeness (QED) is 0.433. The lowest BCUT2D eigenvalue weighted by Crippen LogP contribution is -2.40. The number of hydrogen-bond acceptors (Lipinski definition) is 8. The standard InChI is InChI=1S/C25H26N2O8S/c1-32-23-15-21(36(30,31)27-10-12-33-13-11-27)8-9-22(23)26-24(28)16-35-25(29)17-34-20-7-6-18-4-2-3-5-19(18)14-20/h2-9,14-15H,10-13,16-17H2,1H3,(H,26,28). The molecule has 0 atom stereocenters. The second-order valence-corrected chi connectivity index (χ2v) is 9.82. The summed E-state index contributed by atoms with van der Waals surface area (Å²) in [5.74, 6) is -0.663. The van der Waals surface area contributed by atoms with Gasteiger partial charge in [0.1, 0.15) is 11.5 Å². The Kier molecular flexibility index (Phi) is 8.04. The number of amides is 1. The van der Waals surface area contributed by atoms with Gasteiger partial charge in [-0.25, -0.2) is 13.2 Å². The molecule has 3 aromatic carbocycles. The van der Waals surface area contributed by atoms with Crippen molar-refractivity contribution in [1.82, 2.24) is 4.31 Å². The third-order valence-corrected chi connectivity index (χ3v) is 7.39. The number of hydrogen-bond donors (Lipinski definition) is 1. The van der Waals surface area contributed by atoms with E-state index in [0.29, 0.717) is 19.0 Å². The third-order valence-electron chi connectivity index (χ3n) is 5.50. The first-order valence-electron chi connectivity index (χ1n) is 11.2. The molecule has 4 rings (SSSR count). The van der Waals surface area contributed by atoms with E-state index in [1.165, 1.54) is 29.6 Å². The molecule has 0 aliphatic carbocycles. The van der Waals surface area contributed by atoms with Crippen molar-refractivity contribution >= 4 is 38.4 Å². The zero-order valence-corrected chi connectivity index (χ0v) is 20.5. The maximum Gasteiger partial charge on any atom is 0.344 e. The van der Waals surface area contributed by atoms with Gasteiger partial charge in [0.25, 0.3) is 5.91 Å². The molecule has 0 spiro atoms. The van der Waals surface area contributed by atoms with Crippen molar-refractivity contribution in [3.63, 3.8) is 0 Å². The summed E-state index contributed by atoms with van der Waals surface area (Å²) in [6, 6.07) is 17.3. The number of carbonyl (C=O) groups excluding carboxylic acids is 2. The highest BCUT2D eigenvalue weighted by molar-refractivity contribution is 7.89. The lowest BCUT2D eigenvalue weighted by molar-refractivity contribution is -0.149. The molecule has 0 unspecified atom stereocenters. The van der Waals surface area contributed by atoms with Gasteiger partial charge >= 0.3 is 5.97 Å². The van der Waals surface area contributed by atoms with Gasteiger partial charge in [0, 0.05) is 19.2 Å². The van der Waals surface area contributed by atoms with Crippen LogP contribution in [0.25, 0.3) is 10.8 Å². The topological polar surface area (TPSA) is 120 Å². The molecule has 1 fully saturated rings. The van der Waals surface area contributed by atoms with Gasteiger partial charge in [-0.05, 0) is 35.0 Å².